The van der Waals surface area contributed by atoms with E-state index >= 15 is 0 Å². The first kappa shape index (κ1) is 15.1. The van der Waals surface area contributed by atoms with Crippen LogP contribution in [0, 0.1) is 0 Å². The van der Waals surface area contributed by atoms with Crippen LogP contribution < -0.4 is 0 Å². The number of aromatic nitrogens is 2. The Balaban J connectivity index is 1.62. The van der Waals surface area contributed by atoms with E-state index < -0.39 is 0 Å². The van der Waals surface area contributed by atoms with Gasteiger partial charge in [0.15, 0.2) is 0 Å². The third-order valence-electron chi connectivity index (χ3n) is 3.54. The lowest BCUT2D eigenvalue weighted by molar-refractivity contribution is -0.130. The highest BCUT2D eigenvalue weighted by Crippen LogP contribution is 2.19. The van der Waals surface area contributed by atoms with Crippen molar-refractivity contribution in [3.63, 3.8) is 0 Å². The fourth-order valence-corrected chi connectivity index (χ4v) is 3.29. The number of nitrogens with zero attached hydrogens (tertiary/aromatic N) is 3. The van der Waals surface area contributed by atoms with Crippen LogP contribution in [0.15, 0.2) is 41.9 Å². The predicted octanol–water partition coefficient (Wildman–Crippen LogP) is 3.80. The molecular formula is C16H16ClN3OS. The number of amides is 1. The Labute approximate surface area is 137 Å². The molecule has 0 saturated heterocycles. The summed E-state index contributed by atoms with van der Waals surface area (Å²) in [6.07, 6.45) is 2.21. The minimum atomic E-state index is 0.117. The molecule has 114 valence electrons. The summed E-state index contributed by atoms with van der Waals surface area (Å²) >= 11 is 7.63. The second kappa shape index (κ2) is 6.50. The van der Waals surface area contributed by atoms with Crippen molar-refractivity contribution in [1.82, 2.24) is 14.7 Å². The number of benzene rings is 1. The van der Waals surface area contributed by atoms with Gasteiger partial charge < -0.3 is 4.90 Å². The summed E-state index contributed by atoms with van der Waals surface area (Å²) in [6.45, 7) is 1.23. The lowest BCUT2D eigenvalue weighted by atomic mass is 10.2. The van der Waals surface area contributed by atoms with Crippen molar-refractivity contribution in [2.75, 3.05) is 7.05 Å². The second-order valence-electron chi connectivity index (χ2n) is 5.15. The Morgan fingerprint density at radius 3 is 3.05 bits per heavy atom. The van der Waals surface area contributed by atoms with Crippen LogP contribution >= 0.6 is 22.9 Å². The zero-order chi connectivity index (χ0) is 15.5. The molecule has 2 aromatic heterocycles. The summed E-state index contributed by atoms with van der Waals surface area (Å²) in [5.41, 5.74) is 0.998. The van der Waals surface area contributed by atoms with Gasteiger partial charge in [-0.15, -0.1) is 11.3 Å². The lowest BCUT2D eigenvalue weighted by Gasteiger charge is -2.16. The molecule has 0 saturated carbocycles. The standard InChI is InChI=1S/C16H16ClN3OS/c1-19(11-14-3-2-8-22-14)16(21)6-7-20-15-5-4-13(17)9-12(15)10-18-20/h2-5,8-10H,6-7,11H2,1H3. The molecule has 0 bridgehead atoms. The normalized spacial score (nSPS) is 11.0. The van der Waals surface area contributed by atoms with Crippen LogP contribution in [-0.4, -0.2) is 27.6 Å². The molecule has 0 aliphatic carbocycles. The Bertz CT molecular complexity index is 782. The molecule has 0 atom stereocenters. The van der Waals surface area contributed by atoms with Crippen molar-refractivity contribution in [2.45, 2.75) is 19.5 Å². The van der Waals surface area contributed by atoms with Crippen LogP contribution in [0.2, 0.25) is 5.02 Å². The van der Waals surface area contributed by atoms with E-state index in [1.54, 1.807) is 22.4 Å². The van der Waals surface area contributed by atoms with Gasteiger partial charge in [-0.25, -0.2) is 0 Å². The molecule has 3 aromatic rings. The van der Waals surface area contributed by atoms with E-state index in [1.807, 2.05) is 47.4 Å². The molecule has 6 heteroatoms. The van der Waals surface area contributed by atoms with Gasteiger partial charge in [0.05, 0.1) is 24.8 Å². The number of carbonyl (C=O) groups is 1. The molecule has 3 rings (SSSR count). The minimum Gasteiger partial charge on any atom is -0.341 e. The van der Waals surface area contributed by atoms with Gasteiger partial charge in [0.25, 0.3) is 0 Å². The largest absolute Gasteiger partial charge is 0.341 e. The number of fused-ring (bicyclic) bond motifs is 1. The molecule has 2 heterocycles. The number of halogens is 1. The number of thiophene rings is 1. The number of carbonyl (C=O) groups excluding carboxylic acids is 1. The SMILES string of the molecule is CN(Cc1cccs1)C(=O)CCn1ncc2cc(Cl)ccc21. The van der Waals surface area contributed by atoms with Crippen molar-refractivity contribution < 1.29 is 4.79 Å². The maximum absolute atomic E-state index is 12.2. The number of hydrogen-bond donors (Lipinski definition) is 0. The number of aryl methyl sites for hydroxylation is 1. The molecule has 0 aliphatic heterocycles. The van der Waals surface area contributed by atoms with Gasteiger partial charge in [-0.3, -0.25) is 9.48 Å². The molecular weight excluding hydrogens is 318 g/mol. The maximum Gasteiger partial charge on any atom is 0.224 e. The third-order valence-corrected chi connectivity index (χ3v) is 4.64. The summed E-state index contributed by atoms with van der Waals surface area (Å²) in [5, 5.41) is 8.04. The van der Waals surface area contributed by atoms with E-state index in [1.165, 1.54) is 4.88 Å². The summed E-state index contributed by atoms with van der Waals surface area (Å²) in [4.78, 5) is 15.2. The fourth-order valence-electron chi connectivity index (χ4n) is 2.35. The molecule has 0 spiro atoms. The summed E-state index contributed by atoms with van der Waals surface area (Å²) in [6, 6.07) is 9.70. The van der Waals surface area contributed by atoms with Crippen molar-refractivity contribution in [3.05, 3.63) is 51.8 Å². The van der Waals surface area contributed by atoms with Gasteiger partial charge in [0.1, 0.15) is 0 Å². The first-order chi connectivity index (χ1) is 10.6. The highest BCUT2D eigenvalue weighted by atomic mass is 35.5. The van der Waals surface area contributed by atoms with Crippen LogP contribution in [0.3, 0.4) is 0 Å². The van der Waals surface area contributed by atoms with Gasteiger partial charge in [0, 0.05) is 28.8 Å². The van der Waals surface area contributed by atoms with Crippen molar-refractivity contribution in [2.24, 2.45) is 0 Å². The maximum atomic E-state index is 12.2. The molecule has 1 aromatic carbocycles. The first-order valence-electron chi connectivity index (χ1n) is 7.01. The second-order valence-corrected chi connectivity index (χ2v) is 6.62. The van der Waals surface area contributed by atoms with Gasteiger partial charge >= 0.3 is 0 Å². The predicted molar refractivity (Wildman–Crippen MR) is 90.2 cm³/mol. The molecule has 4 nitrogen and oxygen atoms in total. The Kier molecular flexibility index (Phi) is 4.45. The molecule has 0 unspecified atom stereocenters. The van der Waals surface area contributed by atoms with Crippen LogP contribution in [0.5, 0.6) is 0 Å². The van der Waals surface area contributed by atoms with E-state index in [0.29, 0.717) is 24.5 Å². The van der Waals surface area contributed by atoms with Crippen LogP contribution in [0.25, 0.3) is 10.9 Å². The highest BCUT2D eigenvalue weighted by Gasteiger charge is 2.11. The monoisotopic (exact) mass is 333 g/mol. The van der Waals surface area contributed by atoms with E-state index in [0.717, 1.165) is 10.9 Å². The van der Waals surface area contributed by atoms with Crippen LogP contribution in [-0.2, 0) is 17.9 Å². The molecule has 0 radical (unpaired) electrons. The van der Waals surface area contributed by atoms with Gasteiger partial charge in [-0.05, 0) is 29.6 Å². The van der Waals surface area contributed by atoms with Crippen LogP contribution in [0.1, 0.15) is 11.3 Å². The zero-order valence-electron chi connectivity index (χ0n) is 12.2. The molecule has 0 N–H and O–H groups in total. The average Bonchev–Trinajstić information content (AvgIpc) is 3.13. The lowest BCUT2D eigenvalue weighted by Crippen LogP contribution is -2.26. The van der Waals surface area contributed by atoms with Gasteiger partial charge in [0.2, 0.25) is 5.91 Å². The van der Waals surface area contributed by atoms with Crippen molar-refractivity contribution in [3.8, 4) is 0 Å². The molecule has 22 heavy (non-hydrogen) atoms. The Morgan fingerprint density at radius 1 is 1.41 bits per heavy atom. The zero-order valence-corrected chi connectivity index (χ0v) is 13.8. The topological polar surface area (TPSA) is 38.1 Å². The minimum absolute atomic E-state index is 0.117. The molecule has 0 aliphatic rings. The van der Waals surface area contributed by atoms with E-state index in [2.05, 4.69) is 5.10 Å². The smallest absolute Gasteiger partial charge is 0.224 e. The van der Waals surface area contributed by atoms with Crippen molar-refractivity contribution in [1.29, 1.82) is 0 Å². The summed E-state index contributed by atoms with van der Waals surface area (Å²) in [7, 11) is 1.84. The van der Waals surface area contributed by atoms with Crippen molar-refractivity contribution >= 4 is 39.7 Å². The fraction of sp³-hybridized carbons (Fsp3) is 0.250. The average molecular weight is 334 g/mol. The van der Waals surface area contributed by atoms with Gasteiger partial charge in [-0.1, -0.05) is 17.7 Å². The van der Waals surface area contributed by atoms with E-state index in [-0.39, 0.29) is 5.91 Å². The molecule has 1 amide bonds. The van der Waals surface area contributed by atoms with Crippen LogP contribution in [0.4, 0.5) is 0 Å². The Morgan fingerprint density at radius 2 is 2.27 bits per heavy atom. The molecule has 0 fully saturated rings. The quantitative estimate of drug-likeness (QED) is 0.712. The van der Waals surface area contributed by atoms with E-state index in [9.17, 15) is 4.79 Å². The number of rotatable bonds is 5. The first-order valence-corrected chi connectivity index (χ1v) is 8.26. The summed E-state index contributed by atoms with van der Waals surface area (Å²) in [5.74, 6) is 0.117. The van der Waals surface area contributed by atoms with E-state index in [4.69, 9.17) is 11.6 Å². The highest BCUT2D eigenvalue weighted by molar-refractivity contribution is 7.09. The Hall–Kier alpha value is -1.85. The third kappa shape index (κ3) is 3.31. The summed E-state index contributed by atoms with van der Waals surface area (Å²) < 4.78 is 1.85. The van der Waals surface area contributed by atoms with Gasteiger partial charge in [-0.2, -0.15) is 5.10 Å². The number of hydrogen-bond acceptors (Lipinski definition) is 3.